The van der Waals surface area contributed by atoms with E-state index in [4.69, 9.17) is 5.11 Å². The first kappa shape index (κ1) is 12.0. The SMILES string of the molecule is O=C[C@H](CC(=O)O)NC(=O)C1N[C@@H]2CC[C@H]1C2. The second-order valence-electron chi connectivity index (χ2n) is 4.76. The molecule has 0 aromatic rings. The fraction of sp³-hybridized carbons (Fsp3) is 0.727. The summed E-state index contributed by atoms with van der Waals surface area (Å²) in [7, 11) is 0. The maximum atomic E-state index is 11.9. The second kappa shape index (κ2) is 4.83. The number of amides is 1. The van der Waals surface area contributed by atoms with E-state index in [1.807, 2.05) is 0 Å². The van der Waals surface area contributed by atoms with Gasteiger partial charge >= 0.3 is 5.97 Å². The van der Waals surface area contributed by atoms with E-state index < -0.39 is 12.0 Å². The van der Waals surface area contributed by atoms with Crippen molar-refractivity contribution in [3.8, 4) is 0 Å². The molecular weight excluding hydrogens is 224 g/mol. The summed E-state index contributed by atoms with van der Waals surface area (Å²) in [5.41, 5.74) is 0. The predicted octanol–water partition coefficient (Wildman–Crippen LogP) is -0.715. The average Bonchev–Trinajstić information content (AvgIpc) is 2.88. The summed E-state index contributed by atoms with van der Waals surface area (Å²) in [5, 5.41) is 14.2. The van der Waals surface area contributed by atoms with Crippen LogP contribution in [0.1, 0.15) is 25.7 Å². The zero-order valence-electron chi connectivity index (χ0n) is 9.39. The van der Waals surface area contributed by atoms with Crippen LogP contribution in [-0.4, -0.2) is 41.4 Å². The van der Waals surface area contributed by atoms with Gasteiger partial charge < -0.3 is 20.5 Å². The van der Waals surface area contributed by atoms with Crippen LogP contribution in [0, 0.1) is 5.92 Å². The first-order chi connectivity index (χ1) is 8.10. The molecule has 6 nitrogen and oxygen atoms in total. The zero-order valence-corrected chi connectivity index (χ0v) is 9.39. The number of rotatable bonds is 5. The number of hydrogen-bond acceptors (Lipinski definition) is 4. The molecule has 94 valence electrons. The van der Waals surface area contributed by atoms with Crippen molar-refractivity contribution in [1.29, 1.82) is 0 Å². The van der Waals surface area contributed by atoms with Gasteiger partial charge in [-0.3, -0.25) is 9.59 Å². The van der Waals surface area contributed by atoms with E-state index in [2.05, 4.69) is 10.6 Å². The number of aliphatic carboxylic acids is 1. The number of fused-ring (bicyclic) bond motifs is 2. The minimum atomic E-state index is -1.09. The minimum Gasteiger partial charge on any atom is -0.481 e. The first-order valence-electron chi connectivity index (χ1n) is 5.83. The maximum absolute atomic E-state index is 11.9. The van der Waals surface area contributed by atoms with Gasteiger partial charge in [-0.2, -0.15) is 0 Å². The van der Waals surface area contributed by atoms with Crippen molar-refractivity contribution in [1.82, 2.24) is 10.6 Å². The molecule has 1 unspecified atom stereocenters. The molecule has 1 saturated heterocycles. The number of piperidine rings is 1. The predicted molar refractivity (Wildman–Crippen MR) is 58.3 cm³/mol. The number of hydrogen-bond donors (Lipinski definition) is 3. The number of carbonyl (C=O) groups is 3. The Balaban J connectivity index is 1.87. The van der Waals surface area contributed by atoms with Crippen LogP contribution >= 0.6 is 0 Å². The summed E-state index contributed by atoms with van der Waals surface area (Å²) in [4.78, 5) is 33.0. The number of nitrogens with one attached hydrogen (secondary N) is 2. The van der Waals surface area contributed by atoms with Crippen LogP contribution in [0.5, 0.6) is 0 Å². The van der Waals surface area contributed by atoms with Crippen molar-refractivity contribution in [2.24, 2.45) is 5.92 Å². The topological polar surface area (TPSA) is 95.5 Å². The highest BCUT2D eigenvalue weighted by Crippen LogP contribution is 2.35. The van der Waals surface area contributed by atoms with Crippen LogP contribution < -0.4 is 10.6 Å². The molecule has 3 N–H and O–H groups in total. The molecule has 0 spiro atoms. The molecule has 0 radical (unpaired) electrons. The molecule has 4 atom stereocenters. The van der Waals surface area contributed by atoms with Gasteiger partial charge in [0.25, 0.3) is 0 Å². The van der Waals surface area contributed by atoms with Crippen molar-refractivity contribution in [2.45, 2.75) is 43.8 Å². The maximum Gasteiger partial charge on any atom is 0.305 e. The van der Waals surface area contributed by atoms with Crippen LogP contribution in [0.4, 0.5) is 0 Å². The van der Waals surface area contributed by atoms with Crippen molar-refractivity contribution >= 4 is 18.2 Å². The Labute approximate surface area is 98.8 Å². The van der Waals surface area contributed by atoms with E-state index in [9.17, 15) is 14.4 Å². The van der Waals surface area contributed by atoms with E-state index in [0.717, 1.165) is 19.3 Å². The molecule has 2 bridgehead atoms. The van der Waals surface area contributed by atoms with Crippen molar-refractivity contribution < 1.29 is 19.5 Å². The van der Waals surface area contributed by atoms with E-state index in [-0.39, 0.29) is 18.4 Å². The average molecular weight is 240 g/mol. The summed E-state index contributed by atoms with van der Waals surface area (Å²) in [6.07, 6.45) is 3.24. The normalized spacial score (nSPS) is 32.1. The van der Waals surface area contributed by atoms with E-state index in [1.54, 1.807) is 0 Å². The summed E-state index contributed by atoms with van der Waals surface area (Å²) in [6.45, 7) is 0. The lowest BCUT2D eigenvalue weighted by molar-refractivity contribution is -0.139. The third-order valence-electron chi connectivity index (χ3n) is 3.53. The Hall–Kier alpha value is -1.43. The third kappa shape index (κ3) is 2.63. The van der Waals surface area contributed by atoms with Crippen LogP contribution in [-0.2, 0) is 14.4 Å². The lowest BCUT2D eigenvalue weighted by Crippen LogP contribution is -2.51. The van der Waals surface area contributed by atoms with Crippen molar-refractivity contribution in [3.63, 3.8) is 0 Å². The fourth-order valence-corrected chi connectivity index (χ4v) is 2.74. The molecule has 0 aromatic carbocycles. The monoisotopic (exact) mass is 240 g/mol. The van der Waals surface area contributed by atoms with E-state index in [1.165, 1.54) is 0 Å². The van der Waals surface area contributed by atoms with E-state index in [0.29, 0.717) is 18.2 Å². The Morgan fingerprint density at radius 1 is 1.47 bits per heavy atom. The van der Waals surface area contributed by atoms with Gasteiger partial charge in [-0.25, -0.2) is 0 Å². The largest absolute Gasteiger partial charge is 0.481 e. The lowest BCUT2D eigenvalue weighted by Gasteiger charge is -2.23. The molecular formula is C11H16N2O4. The quantitative estimate of drug-likeness (QED) is 0.551. The number of carboxylic acid groups (broad SMARTS) is 1. The Morgan fingerprint density at radius 3 is 2.71 bits per heavy atom. The highest BCUT2D eigenvalue weighted by molar-refractivity contribution is 5.86. The van der Waals surface area contributed by atoms with Gasteiger partial charge in [0.05, 0.1) is 18.5 Å². The summed E-state index contributed by atoms with van der Waals surface area (Å²) in [6, 6.07) is -0.782. The minimum absolute atomic E-state index is 0.254. The molecule has 2 rings (SSSR count). The van der Waals surface area contributed by atoms with E-state index >= 15 is 0 Å². The second-order valence-corrected chi connectivity index (χ2v) is 4.76. The highest BCUT2D eigenvalue weighted by atomic mass is 16.4. The fourth-order valence-electron chi connectivity index (χ4n) is 2.74. The van der Waals surface area contributed by atoms with Crippen molar-refractivity contribution in [3.05, 3.63) is 0 Å². The van der Waals surface area contributed by atoms with Crippen LogP contribution in [0.3, 0.4) is 0 Å². The smallest absolute Gasteiger partial charge is 0.305 e. The van der Waals surface area contributed by atoms with Gasteiger partial charge in [-0.05, 0) is 25.2 Å². The molecule has 1 aliphatic carbocycles. The van der Waals surface area contributed by atoms with Crippen molar-refractivity contribution in [2.75, 3.05) is 0 Å². The van der Waals surface area contributed by atoms with Gasteiger partial charge in [-0.1, -0.05) is 0 Å². The zero-order chi connectivity index (χ0) is 12.4. The molecule has 1 amide bonds. The molecule has 1 saturated carbocycles. The Kier molecular flexibility index (Phi) is 3.42. The molecule has 1 aliphatic heterocycles. The van der Waals surface area contributed by atoms with Gasteiger partial charge in [0.2, 0.25) is 5.91 Å². The van der Waals surface area contributed by atoms with Gasteiger partial charge in [-0.15, -0.1) is 0 Å². The molecule has 2 aliphatic rings. The summed E-state index contributed by atoms with van der Waals surface area (Å²) >= 11 is 0. The summed E-state index contributed by atoms with van der Waals surface area (Å²) in [5.74, 6) is -1.02. The standard InChI is InChI=1S/C11H16N2O4/c14-5-8(4-9(15)16)13-11(17)10-6-1-2-7(3-6)12-10/h5-8,10,12H,1-4H2,(H,13,17)(H,15,16)/t6-,7+,8-,10?/m0/s1. The molecule has 6 heteroatoms. The molecule has 1 heterocycles. The Bertz CT molecular complexity index is 344. The van der Waals surface area contributed by atoms with Gasteiger partial charge in [0.1, 0.15) is 6.29 Å². The van der Waals surface area contributed by atoms with Gasteiger partial charge in [0.15, 0.2) is 0 Å². The van der Waals surface area contributed by atoms with Gasteiger partial charge in [0, 0.05) is 6.04 Å². The van der Waals surface area contributed by atoms with Crippen LogP contribution in [0.2, 0.25) is 0 Å². The number of aldehydes is 1. The third-order valence-corrected chi connectivity index (χ3v) is 3.53. The molecule has 2 fully saturated rings. The van der Waals surface area contributed by atoms with Crippen LogP contribution in [0.25, 0.3) is 0 Å². The lowest BCUT2D eigenvalue weighted by atomic mass is 9.99. The Morgan fingerprint density at radius 2 is 2.24 bits per heavy atom. The first-order valence-corrected chi connectivity index (χ1v) is 5.83. The van der Waals surface area contributed by atoms with Crippen LogP contribution in [0.15, 0.2) is 0 Å². The molecule has 0 aromatic heterocycles. The highest BCUT2D eigenvalue weighted by Gasteiger charge is 2.43. The summed E-state index contributed by atoms with van der Waals surface area (Å²) < 4.78 is 0. The number of carbonyl (C=O) groups excluding carboxylic acids is 2. The molecule has 17 heavy (non-hydrogen) atoms. The number of carboxylic acids is 1.